The van der Waals surface area contributed by atoms with Crippen LogP contribution in [-0.4, -0.2) is 36.7 Å². The lowest BCUT2D eigenvalue weighted by Crippen LogP contribution is -2.31. The molecule has 0 saturated carbocycles. The minimum Gasteiger partial charge on any atom is -0.312 e. The molecule has 0 bridgehead atoms. The maximum Gasteiger partial charge on any atom is 0.0854 e. The minimum absolute atomic E-state index is 0.290. The lowest BCUT2D eigenvalue weighted by Gasteiger charge is -2.18. The summed E-state index contributed by atoms with van der Waals surface area (Å²) in [5.74, 6) is 0. The van der Waals surface area contributed by atoms with E-state index in [-0.39, 0.29) is 0 Å². The first-order valence-corrected chi connectivity index (χ1v) is 5.48. The van der Waals surface area contributed by atoms with Crippen LogP contribution < -0.4 is 5.32 Å². The highest BCUT2D eigenvalue weighted by Crippen LogP contribution is 2.12. The number of nitrogens with zero attached hydrogens (tertiary/aromatic N) is 3. The SMILES string of the molecule is CC(N=NN(C)C(C)C)[C@H]1CCCN1. The Hall–Kier alpha value is -0.640. The Morgan fingerprint density at radius 1 is 1.36 bits per heavy atom. The van der Waals surface area contributed by atoms with E-state index in [4.69, 9.17) is 0 Å². The van der Waals surface area contributed by atoms with E-state index < -0.39 is 0 Å². The van der Waals surface area contributed by atoms with E-state index in [1.807, 2.05) is 12.1 Å². The molecule has 1 N–H and O–H groups in total. The van der Waals surface area contributed by atoms with Crippen molar-refractivity contribution in [1.82, 2.24) is 10.3 Å². The summed E-state index contributed by atoms with van der Waals surface area (Å²) < 4.78 is 0. The zero-order valence-corrected chi connectivity index (χ0v) is 9.70. The van der Waals surface area contributed by atoms with Crippen LogP contribution in [0.2, 0.25) is 0 Å². The van der Waals surface area contributed by atoms with Crippen LogP contribution in [0.5, 0.6) is 0 Å². The van der Waals surface area contributed by atoms with Gasteiger partial charge in [0.2, 0.25) is 0 Å². The summed E-state index contributed by atoms with van der Waals surface area (Å²) in [6, 6.07) is 1.24. The van der Waals surface area contributed by atoms with E-state index in [2.05, 4.69) is 36.4 Å². The first-order valence-electron chi connectivity index (χ1n) is 5.48. The van der Waals surface area contributed by atoms with Gasteiger partial charge >= 0.3 is 0 Å². The molecule has 0 aromatic heterocycles. The predicted octanol–water partition coefficient (Wildman–Crippen LogP) is 1.83. The summed E-state index contributed by atoms with van der Waals surface area (Å²) in [6.45, 7) is 7.47. The molecule has 4 nitrogen and oxygen atoms in total. The standard InChI is InChI=1S/C10H22N4/c1-8(2)14(4)13-12-9(3)10-6-5-7-11-10/h8-11H,5-7H2,1-4H3/t9?,10-/m1/s1. The molecule has 2 atom stereocenters. The average Bonchev–Trinajstić information content (AvgIpc) is 2.66. The average molecular weight is 198 g/mol. The van der Waals surface area contributed by atoms with E-state index in [0.29, 0.717) is 18.1 Å². The monoisotopic (exact) mass is 198 g/mol. The molecule has 1 rings (SSSR count). The molecule has 0 radical (unpaired) electrons. The highest BCUT2D eigenvalue weighted by atomic mass is 15.5. The molecule has 82 valence electrons. The molecule has 1 saturated heterocycles. The van der Waals surface area contributed by atoms with Crippen LogP contribution in [0.15, 0.2) is 10.3 Å². The van der Waals surface area contributed by atoms with Gasteiger partial charge in [0.15, 0.2) is 0 Å². The first-order chi connectivity index (χ1) is 6.61. The lowest BCUT2D eigenvalue weighted by molar-refractivity contribution is 0.257. The van der Waals surface area contributed by atoms with Gasteiger partial charge in [0.1, 0.15) is 0 Å². The van der Waals surface area contributed by atoms with Crippen molar-refractivity contribution in [2.45, 2.75) is 51.7 Å². The molecule has 0 spiro atoms. The van der Waals surface area contributed by atoms with Crippen molar-refractivity contribution in [1.29, 1.82) is 0 Å². The molecular weight excluding hydrogens is 176 g/mol. The summed E-state index contributed by atoms with van der Waals surface area (Å²) in [5, 5.41) is 13.8. The van der Waals surface area contributed by atoms with Gasteiger partial charge in [-0.3, -0.25) is 5.01 Å². The van der Waals surface area contributed by atoms with Crippen LogP contribution in [0, 0.1) is 0 Å². The van der Waals surface area contributed by atoms with Crippen molar-refractivity contribution >= 4 is 0 Å². The van der Waals surface area contributed by atoms with Gasteiger partial charge in [-0.15, -0.1) is 0 Å². The second-order valence-electron chi connectivity index (χ2n) is 4.32. The maximum absolute atomic E-state index is 4.32. The number of nitrogens with one attached hydrogen (secondary N) is 1. The molecule has 1 fully saturated rings. The molecule has 4 heteroatoms. The van der Waals surface area contributed by atoms with E-state index in [1.165, 1.54) is 12.8 Å². The fourth-order valence-corrected chi connectivity index (χ4v) is 1.47. The third-order valence-electron chi connectivity index (χ3n) is 2.80. The van der Waals surface area contributed by atoms with Crippen LogP contribution in [0.25, 0.3) is 0 Å². The Labute approximate surface area is 86.7 Å². The Balaban J connectivity index is 2.34. The minimum atomic E-state index is 0.290. The molecule has 14 heavy (non-hydrogen) atoms. The Morgan fingerprint density at radius 2 is 2.07 bits per heavy atom. The molecule has 1 aliphatic rings. The fourth-order valence-electron chi connectivity index (χ4n) is 1.47. The van der Waals surface area contributed by atoms with Gasteiger partial charge < -0.3 is 5.32 Å². The highest BCUT2D eigenvalue weighted by molar-refractivity contribution is 4.82. The fraction of sp³-hybridized carbons (Fsp3) is 1.00. The number of hydrogen-bond acceptors (Lipinski definition) is 3. The predicted molar refractivity (Wildman–Crippen MR) is 58.2 cm³/mol. The second-order valence-corrected chi connectivity index (χ2v) is 4.32. The molecule has 0 aliphatic carbocycles. The van der Waals surface area contributed by atoms with Crippen molar-refractivity contribution in [2.75, 3.05) is 13.6 Å². The van der Waals surface area contributed by atoms with Gasteiger partial charge in [-0.05, 0) is 40.2 Å². The van der Waals surface area contributed by atoms with Gasteiger partial charge in [0.05, 0.1) is 6.04 Å². The molecule has 0 amide bonds. The molecule has 0 aromatic rings. The molecule has 1 aliphatic heterocycles. The van der Waals surface area contributed by atoms with Crippen LogP contribution >= 0.6 is 0 Å². The molecular formula is C10H22N4. The van der Waals surface area contributed by atoms with Gasteiger partial charge in [-0.2, -0.15) is 5.11 Å². The van der Waals surface area contributed by atoms with Crippen molar-refractivity contribution in [2.24, 2.45) is 10.3 Å². The lowest BCUT2D eigenvalue weighted by atomic mass is 10.1. The van der Waals surface area contributed by atoms with Crippen molar-refractivity contribution in [3.63, 3.8) is 0 Å². The second kappa shape index (κ2) is 5.29. The van der Waals surface area contributed by atoms with Crippen molar-refractivity contribution in [3.05, 3.63) is 0 Å². The number of rotatable bonds is 4. The van der Waals surface area contributed by atoms with Crippen LogP contribution in [0.1, 0.15) is 33.6 Å². The zero-order valence-electron chi connectivity index (χ0n) is 9.70. The molecule has 1 heterocycles. The summed E-state index contributed by atoms with van der Waals surface area (Å²) in [7, 11) is 1.96. The zero-order chi connectivity index (χ0) is 10.6. The van der Waals surface area contributed by atoms with E-state index in [9.17, 15) is 0 Å². The van der Waals surface area contributed by atoms with Gasteiger partial charge in [-0.25, -0.2) is 0 Å². The van der Waals surface area contributed by atoms with Gasteiger partial charge in [-0.1, -0.05) is 5.22 Å². The smallest absolute Gasteiger partial charge is 0.0854 e. The van der Waals surface area contributed by atoms with Crippen LogP contribution in [0.4, 0.5) is 0 Å². The Bertz CT molecular complexity index is 185. The van der Waals surface area contributed by atoms with Crippen LogP contribution in [-0.2, 0) is 0 Å². The van der Waals surface area contributed by atoms with Crippen molar-refractivity contribution < 1.29 is 0 Å². The topological polar surface area (TPSA) is 40.0 Å². The Kier molecular flexibility index (Phi) is 4.32. The number of hydrogen-bond donors (Lipinski definition) is 1. The van der Waals surface area contributed by atoms with Gasteiger partial charge in [0.25, 0.3) is 0 Å². The van der Waals surface area contributed by atoms with Crippen molar-refractivity contribution in [3.8, 4) is 0 Å². The van der Waals surface area contributed by atoms with E-state index in [1.54, 1.807) is 0 Å². The van der Waals surface area contributed by atoms with E-state index in [0.717, 1.165) is 6.54 Å². The summed E-state index contributed by atoms with van der Waals surface area (Å²) in [5.41, 5.74) is 0. The highest BCUT2D eigenvalue weighted by Gasteiger charge is 2.20. The Morgan fingerprint density at radius 3 is 2.57 bits per heavy atom. The first kappa shape index (κ1) is 11.4. The molecule has 1 unspecified atom stereocenters. The normalized spacial score (nSPS) is 24.8. The summed E-state index contributed by atoms with van der Waals surface area (Å²) >= 11 is 0. The van der Waals surface area contributed by atoms with Crippen LogP contribution in [0.3, 0.4) is 0 Å². The van der Waals surface area contributed by atoms with Gasteiger partial charge in [0, 0.05) is 19.1 Å². The summed E-state index contributed by atoms with van der Waals surface area (Å²) in [4.78, 5) is 0. The third-order valence-corrected chi connectivity index (χ3v) is 2.80. The quantitative estimate of drug-likeness (QED) is 0.553. The molecule has 0 aromatic carbocycles. The summed E-state index contributed by atoms with van der Waals surface area (Å²) in [6.07, 6.45) is 2.50. The third kappa shape index (κ3) is 3.25. The van der Waals surface area contributed by atoms with E-state index >= 15 is 0 Å². The largest absolute Gasteiger partial charge is 0.312 e. The maximum atomic E-state index is 4.32.